The lowest BCUT2D eigenvalue weighted by Gasteiger charge is -2.29. The number of aromatic nitrogens is 4. The zero-order valence-corrected chi connectivity index (χ0v) is 23.1. The number of hydrogen-bond acceptors (Lipinski definition) is 6. The van der Waals surface area contributed by atoms with Gasteiger partial charge < -0.3 is 10.8 Å². The summed E-state index contributed by atoms with van der Waals surface area (Å²) in [6, 6.07) is 33.2. The third kappa shape index (κ3) is 4.72. The SMILES string of the molecule is Nc1ncccc1-c1nc2ccc(-c3ccccc3)nc2n1-c1ccc(C2(O)CN(Cc3ccccc3)CC2(F)F)cc1. The predicted octanol–water partition coefficient (Wildman–Crippen LogP) is 6.07. The van der Waals surface area contributed by atoms with Gasteiger partial charge in [-0.05, 0) is 47.5 Å². The van der Waals surface area contributed by atoms with Crippen LogP contribution in [0.1, 0.15) is 11.1 Å². The van der Waals surface area contributed by atoms with Crippen LogP contribution in [0.15, 0.2) is 115 Å². The molecular formula is C34H28F2N6O. The first-order valence-corrected chi connectivity index (χ1v) is 14.0. The number of hydrogen-bond donors (Lipinski definition) is 2. The Bertz CT molecular complexity index is 1910. The van der Waals surface area contributed by atoms with Crippen LogP contribution in [0.25, 0.3) is 39.5 Å². The molecule has 1 fully saturated rings. The summed E-state index contributed by atoms with van der Waals surface area (Å²) in [5.74, 6) is -2.52. The van der Waals surface area contributed by atoms with Crippen molar-refractivity contribution in [3.63, 3.8) is 0 Å². The van der Waals surface area contributed by atoms with E-state index in [9.17, 15) is 5.11 Å². The van der Waals surface area contributed by atoms with Gasteiger partial charge in [0.2, 0.25) is 0 Å². The molecule has 1 unspecified atom stereocenters. The van der Waals surface area contributed by atoms with E-state index in [1.54, 1.807) is 41.4 Å². The first-order valence-electron chi connectivity index (χ1n) is 14.0. The number of alkyl halides is 2. The van der Waals surface area contributed by atoms with Gasteiger partial charge in [-0.15, -0.1) is 0 Å². The van der Waals surface area contributed by atoms with Gasteiger partial charge in [0.15, 0.2) is 17.1 Å². The highest BCUT2D eigenvalue weighted by molar-refractivity contribution is 5.84. The average Bonchev–Trinajstić information content (AvgIpc) is 3.51. The minimum atomic E-state index is -3.34. The van der Waals surface area contributed by atoms with E-state index in [1.807, 2.05) is 83.4 Å². The molecule has 4 heterocycles. The van der Waals surface area contributed by atoms with Crippen molar-refractivity contribution in [3.8, 4) is 28.3 Å². The highest BCUT2D eigenvalue weighted by atomic mass is 19.3. The highest BCUT2D eigenvalue weighted by Crippen LogP contribution is 2.45. The molecule has 6 aromatic rings. The summed E-state index contributed by atoms with van der Waals surface area (Å²) < 4.78 is 32.7. The van der Waals surface area contributed by atoms with Crippen molar-refractivity contribution >= 4 is 17.0 Å². The topological polar surface area (TPSA) is 93.1 Å². The van der Waals surface area contributed by atoms with Gasteiger partial charge in [0, 0.05) is 30.5 Å². The molecule has 3 N–H and O–H groups in total. The molecule has 3 aromatic carbocycles. The van der Waals surface area contributed by atoms with E-state index in [0.717, 1.165) is 16.8 Å². The normalized spacial score (nSPS) is 18.3. The molecule has 7 nitrogen and oxygen atoms in total. The number of nitrogen functional groups attached to an aromatic ring is 1. The molecule has 0 bridgehead atoms. The Morgan fingerprint density at radius 1 is 0.791 bits per heavy atom. The number of halogens is 2. The molecule has 1 aliphatic rings. The zero-order valence-electron chi connectivity index (χ0n) is 23.1. The quantitative estimate of drug-likeness (QED) is 0.251. The van der Waals surface area contributed by atoms with Crippen LogP contribution in [0.5, 0.6) is 0 Å². The molecule has 0 aliphatic carbocycles. The lowest BCUT2D eigenvalue weighted by atomic mass is 9.90. The number of fused-ring (bicyclic) bond motifs is 1. The second-order valence-electron chi connectivity index (χ2n) is 10.9. The van der Waals surface area contributed by atoms with Gasteiger partial charge in [-0.1, -0.05) is 72.8 Å². The minimum absolute atomic E-state index is 0.140. The molecule has 7 rings (SSSR count). The van der Waals surface area contributed by atoms with E-state index in [1.165, 1.54) is 0 Å². The van der Waals surface area contributed by atoms with Gasteiger partial charge >= 0.3 is 0 Å². The van der Waals surface area contributed by atoms with Gasteiger partial charge in [0.25, 0.3) is 5.92 Å². The van der Waals surface area contributed by atoms with Crippen molar-refractivity contribution in [1.29, 1.82) is 0 Å². The summed E-state index contributed by atoms with van der Waals surface area (Å²) in [5.41, 5.74) is 9.13. The van der Waals surface area contributed by atoms with Crippen LogP contribution >= 0.6 is 0 Å². The Labute approximate surface area is 246 Å². The molecule has 1 atom stereocenters. The standard InChI is InChI=1S/C34H28F2N6O/c35-34(36)22-41(20-23-8-3-1-4-9-23)21-33(34,43)25-13-15-26(16-14-25)42-31(27-12-7-19-38-30(27)37)40-29-18-17-28(39-32(29)42)24-10-5-2-6-11-24/h1-19,43H,20-22H2,(H2,37,38). The predicted molar refractivity (Wildman–Crippen MR) is 163 cm³/mol. The largest absolute Gasteiger partial charge is 0.383 e. The van der Waals surface area contributed by atoms with E-state index in [0.29, 0.717) is 40.6 Å². The number of anilines is 1. The number of pyridine rings is 2. The second-order valence-corrected chi connectivity index (χ2v) is 10.9. The van der Waals surface area contributed by atoms with Gasteiger partial charge in [-0.25, -0.2) is 23.7 Å². The number of imidazole rings is 1. The van der Waals surface area contributed by atoms with Crippen LogP contribution in [0, 0.1) is 0 Å². The fourth-order valence-electron chi connectivity index (χ4n) is 5.81. The van der Waals surface area contributed by atoms with Crippen molar-refractivity contribution in [2.75, 3.05) is 18.8 Å². The van der Waals surface area contributed by atoms with Crippen LogP contribution in [-0.2, 0) is 12.1 Å². The average molecular weight is 575 g/mol. The monoisotopic (exact) mass is 574 g/mol. The van der Waals surface area contributed by atoms with Gasteiger partial charge in [0.05, 0.1) is 17.8 Å². The molecule has 0 radical (unpaired) electrons. The molecule has 0 amide bonds. The van der Waals surface area contributed by atoms with E-state index in [2.05, 4.69) is 4.98 Å². The van der Waals surface area contributed by atoms with Gasteiger partial charge in [0.1, 0.15) is 11.3 Å². The third-order valence-electron chi connectivity index (χ3n) is 7.99. The van der Waals surface area contributed by atoms with Crippen molar-refractivity contribution < 1.29 is 13.9 Å². The summed E-state index contributed by atoms with van der Waals surface area (Å²) in [6.07, 6.45) is 1.61. The number of benzene rings is 3. The van der Waals surface area contributed by atoms with Crippen LogP contribution in [0.4, 0.5) is 14.6 Å². The Hall–Kier alpha value is -4.99. The number of aliphatic hydroxyl groups is 1. The first-order chi connectivity index (χ1) is 20.8. The van der Waals surface area contributed by atoms with E-state index >= 15 is 8.78 Å². The molecule has 0 spiro atoms. The lowest BCUT2D eigenvalue weighted by Crippen LogP contribution is -2.44. The van der Waals surface area contributed by atoms with Gasteiger partial charge in [-0.2, -0.15) is 0 Å². The summed E-state index contributed by atoms with van der Waals surface area (Å²) in [6.45, 7) is -0.409. The Balaban J connectivity index is 1.30. The molecule has 43 heavy (non-hydrogen) atoms. The summed E-state index contributed by atoms with van der Waals surface area (Å²) in [4.78, 5) is 15.6. The summed E-state index contributed by atoms with van der Waals surface area (Å²) in [7, 11) is 0. The summed E-state index contributed by atoms with van der Waals surface area (Å²) in [5, 5.41) is 11.4. The smallest absolute Gasteiger partial charge is 0.293 e. The Kier molecular flexibility index (Phi) is 6.49. The Morgan fingerprint density at radius 2 is 1.51 bits per heavy atom. The van der Waals surface area contributed by atoms with Gasteiger partial charge in [-0.3, -0.25) is 9.47 Å². The molecule has 3 aromatic heterocycles. The summed E-state index contributed by atoms with van der Waals surface area (Å²) >= 11 is 0. The van der Waals surface area contributed by atoms with Crippen LogP contribution in [0.3, 0.4) is 0 Å². The van der Waals surface area contributed by atoms with Crippen LogP contribution < -0.4 is 5.73 Å². The zero-order chi connectivity index (χ0) is 29.6. The number of rotatable bonds is 6. The molecule has 1 saturated heterocycles. The van der Waals surface area contributed by atoms with E-state index in [-0.39, 0.29) is 12.1 Å². The number of likely N-dealkylation sites (tertiary alicyclic amines) is 1. The van der Waals surface area contributed by atoms with Crippen molar-refractivity contribution in [1.82, 2.24) is 24.4 Å². The molecule has 0 saturated carbocycles. The molecule has 9 heteroatoms. The van der Waals surface area contributed by atoms with Crippen molar-refractivity contribution in [2.45, 2.75) is 18.1 Å². The number of nitrogens with two attached hydrogens (primary N) is 1. The van der Waals surface area contributed by atoms with E-state index in [4.69, 9.17) is 15.7 Å². The second kappa shape index (κ2) is 10.4. The highest BCUT2D eigenvalue weighted by Gasteiger charge is 2.60. The molecule has 214 valence electrons. The van der Waals surface area contributed by atoms with Crippen molar-refractivity contribution in [3.05, 3.63) is 127 Å². The maximum absolute atomic E-state index is 15.4. The maximum atomic E-state index is 15.4. The number of nitrogens with zero attached hydrogens (tertiary/aromatic N) is 5. The first kappa shape index (κ1) is 26.9. The number of β-amino-alcohol motifs (C(OH)–C–C–N with tert-alkyl or cyclic N) is 1. The van der Waals surface area contributed by atoms with E-state index < -0.39 is 18.1 Å². The van der Waals surface area contributed by atoms with Crippen LogP contribution in [-0.4, -0.2) is 48.5 Å². The van der Waals surface area contributed by atoms with Crippen LogP contribution in [0.2, 0.25) is 0 Å². The third-order valence-corrected chi connectivity index (χ3v) is 7.99. The lowest BCUT2D eigenvalue weighted by molar-refractivity contribution is -0.151. The fraction of sp³-hybridized carbons (Fsp3) is 0.147. The molecular weight excluding hydrogens is 546 g/mol. The molecule has 1 aliphatic heterocycles. The van der Waals surface area contributed by atoms with Crippen molar-refractivity contribution in [2.24, 2.45) is 0 Å². The Morgan fingerprint density at radius 3 is 2.23 bits per heavy atom. The fourth-order valence-corrected chi connectivity index (χ4v) is 5.81. The maximum Gasteiger partial charge on any atom is 0.293 e. The minimum Gasteiger partial charge on any atom is -0.383 e.